The Morgan fingerprint density at radius 3 is 2.18 bits per heavy atom. The lowest BCUT2D eigenvalue weighted by Gasteiger charge is -2.05. The third kappa shape index (κ3) is 2.40. The van der Waals surface area contributed by atoms with E-state index in [-0.39, 0.29) is 5.57 Å². The van der Waals surface area contributed by atoms with Crippen molar-refractivity contribution < 1.29 is 9.90 Å². The van der Waals surface area contributed by atoms with Crippen LogP contribution in [0.4, 0.5) is 0 Å². The highest BCUT2D eigenvalue weighted by Crippen LogP contribution is 2.06. The fourth-order valence-corrected chi connectivity index (χ4v) is 0.589. The van der Waals surface area contributed by atoms with Crippen LogP contribution in [0.5, 0.6) is 0 Å². The van der Waals surface area contributed by atoms with Crippen LogP contribution in [-0.4, -0.2) is 17.1 Å². The van der Waals surface area contributed by atoms with Crippen LogP contribution < -0.4 is 5.73 Å². The first-order valence-electron chi connectivity index (χ1n) is 3.05. The predicted octanol–water partition coefficient (Wildman–Crippen LogP) is -0.307. The fourth-order valence-electron chi connectivity index (χ4n) is 0.589. The van der Waals surface area contributed by atoms with Gasteiger partial charge in [-0.05, 0) is 13.8 Å². The van der Waals surface area contributed by atoms with Crippen molar-refractivity contribution in [2.24, 2.45) is 5.73 Å². The van der Waals surface area contributed by atoms with E-state index in [9.17, 15) is 4.79 Å². The molecule has 60 valence electrons. The molecule has 0 saturated carbocycles. The van der Waals surface area contributed by atoms with Gasteiger partial charge in [-0.25, -0.2) is 0 Å². The fraction of sp³-hybridized carbons (Fsp3) is 0.429. The Bertz CT molecular complexity index is 233. The number of nitrogens with two attached hydrogens (primary N) is 1. The zero-order valence-corrected chi connectivity index (χ0v) is 6.46. The Kier molecular flexibility index (Phi) is 3.28. The van der Waals surface area contributed by atoms with Gasteiger partial charge in [0.25, 0.3) is 5.91 Å². The topological polar surface area (TPSA) is 87.1 Å². The van der Waals surface area contributed by atoms with Crippen molar-refractivity contribution in [3.05, 3.63) is 11.1 Å². The molecule has 11 heavy (non-hydrogen) atoms. The van der Waals surface area contributed by atoms with Crippen LogP contribution >= 0.6 is 0 Å². The Morgan fingerprint density at radius 2 is 2.09 bits per heavy atom. The number of primary amides is 1. The standard InChI is InChI=1S/C7H10N2O2/c1-4(2)5(3-8)6(10)7(9)11/h6,10H,1-2H3,(H2,9,11). The minimum atomic E-state index is -1.47. The molecule has 0 aliphatic rings. The molecule has 1 unspecified atom stereocenters. The van der Waals surface area contributed by atoms with E-state index >= 15 is 0 Å². The van der Waals surface area contributed by atoms with E-state index in [1.165, 1.54) is 0 Å². The summed E-state index contributed by atoms with van der Waals surface area (Å²) < 4.78 is 0. The summed E-state index contributed by atoms with van der Waals surface area (Å²) in [4.78, 5) is 10.4. The highest BCUT2D eigenvalue weighted by molar-refractivity contribution is 5.83. The van der Waals surface area contributed by atoms with Gasteiger partial charge in [0.2, 0.25) is 0 Å². The SMILES string of the molecule is CC(C)=C(C#N)C(O)C(N)=O. The molecular formula is C7H10N2O2. The maximum absolute atomic E-state index is 10.4. The highest BCUT2D eigenvalue weighted by atomic mass is 16.3. The van der Waals surface area contributed by atoms with Crippen molar-refractivity contribution in [3.8, 4) is 6.07 Å². The Labute approximate surface area is 64.9 Å². The minimum Gasteiger partial charge on any atom is -0.378 e. The van der Waals surface area contributed by atoms with Gasteiger partial charge < -0.3 is 10.8 Å². The second-order valence-corrected chi connectivity index (χ2v) is 2.33. The Hall–Kier alpha value is -1.34. The van der Waals surface area contributed by atoms with Gasteiger partial charge in [-0.1, -0.05) is 5.57 Å². The highest BCUT2D eigenvalue weighted by Gasteiger charge is 2.17. The molecule has 0 aromatic carbocycles. The number of nitrogens with zero attached hydrogens (tertiary/aromatic N) is 1. The average Bonchev–Trinajstić information content (AvgIpc) is 1.88. The van der Waals surface area contributed by atoms with Crippen LogP contribution in [0, 0.1) is 11.3 Å². The summed E-state index contributed by atoms with van der Waals surface area (Å²) in [6.45, 7) is 3.26. The van der Waals surface area contributed by atoms with Gasteiger partial charge in [0.15, 0.2) is 6.10 Å². The van der Waals surface area contributed by atoms with E-state index in [1.807, 2.05) is 0 Å². The number of hydrogen-bond donors (Lipinski definition) is 2. The number of aliphatic hydroxyl groups excluding tert-OH is 1. The molecule has 0 saturated heterocycles. The van der Waals surface area contributed by atoms with Gasteiger partial charge in [0.05, 0.1) is 11.6 Å². The molecule has 0 heterocycles. The van der Waals surface area contributed by atoms with Crippen LogP contribution in [-0.2, 0) is 4.79 Å². The monoisotopic (exact) mass is 154 g/mol. The van der Waals surface area contributed by atoms with Crippen molar-refractivity contribution in [1.29, 1.82) is 5.26 Å². The number of carbonyl (C=O) groups is 1. The van der Waals surface area contributed by atoms with E-state index in [0.717, 1.165) is 0 Å². The van der Waals surface area contributed by atoms with Crippen LogP contribution in [0.25, 0.3) is 0 Å². The number of amides is 1. The average molecular weight is 154 g/mol. The zero-order valence-electron chi connectivity index (χ0n) is 6.46. The van der Waals surface area contributed by atoms with E-state index in [4.69, 9.17) is 16.1 Å². The molecule has 0 aromatic rings. The first-order chi connectivity index (χ1) is 5.00. The summed E-state index contributed by atoms with van der Waals surface area (Å²) >= 11 is 0. The molecule has 0 rings (SSSR count). The smallest absolute Gasteiger partial charge is 0.251 e. The van der Waals surface area contributed by atoms with Crippen molar-refractivity contribution >= 4 is 5.91 Å². The number of allylic oxidation sites excluding steroid dienone is 1. The summed E-state index contributed by atoms with van der Waals surface area (Å²) in [5, 5.41) is 17.4. The number of hydrogen-bond acceptors (Lipinski definition) is 3. The predicted molar refractivity (Wildman–Crippen MR) is 39.2 cm³/mol. The van der Waals surface area contributed by atoms with Crippen molar-refractivity contribution in [3.63, 3.8) is 0 Å². The van der Waals surface area contributed by atoms with Gasteiger partial charge in [0.1, 0.15) is 0 Å². The Balaban J connectivity index is 4.72. The molecule has 3 N–H and O–H groups in total. The van der Waals surface area contributed by atoms with Crippen molar-refractivity contribution in [2.45, 2.75) is 20.0 Å². The van der Waals surface area contributed by atoms with Gasteiger partial charge in [-0.2, -0.15) is 5.26 Å². The molecule has 1 amide bonds. The number of carbonyl (C=O) groups excluding carboxylic acids is 1. The molecular weight excluding hydrogens is 144 g/mol. The molecule has 0 spiro atoms. The molecule has 4 heteroatoms. The molecule has 1 atom stereocenters. The first-order valence-corrected chi connectivity index (χ1v) is 3.05. The second kappa shape index (κ2) is 3.74. The molecule has 0 aromatic heterocycles. The number of rotatable bonds is 2. The zero-order chi connectivity index (χ0) is 9.02. The van der Waals surface area contributed by atoms with Crippen molar-refractivity contribution in [2.75, 3.05) is 0 Å². The van der Waals surface area contributed by atoms with E-state index in [2.05, 4.69) is 0 Å². The third-order valence-electron chi connectivity index (χ3n) is 1.20. The summed E-state index contributed by atoms with van der Waals surface area (Å²) in [5.74, 6) is -0.900. The summed E-state index contributed by atoms with van der Waals surface area (Å²) in [6, 6.07) is 1.71. The summed E-state index contributed by atoms with van der Waals surface area (Å²) in [5.41, 5.74) is 5.40. The Morgan fingerprint density at radius 1 is 1.64 bits per heavy atom. The largest absolute Gasteiger partial charge is 0.378 e. The summed E-state index contributed by atoms with van der Waals surface area (Å²) in [7, 11) is 0. The van der Waals surface area contributed by atoms with Gasteiger partial charge in [-0.15, -0.1) is 0 Å². The maximum atomic E-state index is 10.4. The summed E-state index contributed by atoms with van der Waals surface area (Å²) in [6.07, 6.45) is -1.47. The van der Waals surface area contributed by atoms with E-state index in [1.54, 1.807) is 19.9 Å². The normalized spacial score (nSPS) is 11.5. The molecule has 0 bridgehead atoms. The minimum absolute atomic E-state index is 0.0255. The van der Waals surface area contributed by atoms with Gasteiger partial charge >= 0.3 is 0 Å². The van der Waals surface area contributed by atoms with Crippen LogP contribution in [0.2, 0.25) is 0 Å². The van der Waals surface area contributed by atoms with Gasteiger partial charge in [0, 0.05) is 0 Å². The molecule has 0 aliphatic carbocycles. The number of nitriles is 1. The van der Waals surface area contributed by atoms with E-state index in [0.29, 0.717) is 5.57 Å². The van der Waals surface area contributed by atoms with Crippen molar-refractivity contribution in [1.82, 2.24) is 0 Å². The lowest BCUT2D eigenvalue weighted by atomic mass is 10.1. The quantitative estimate of drug-likeness (QED) is 0.535. The lowest BCUT2D eigenvalue weighted by Crippen LogP contribution is -2.30. The molecule has 0 fully saturated rings. The lowest BCUT2D eigenvalue weighted by molar-refractivity contribution is -0.124. The third-order valence-corrected chi connectivity index (χ3v) is 1.20. The molecule has 4 nitrogen and oxygen atoms in total. The van der Waals surface area contributed by atoms with Gasteiger partial charge in [-0.3, -0.25) is 4.79 Å². The maximum Gasteiger partial charge on any atom is 0.251 e. The first kappa shape index (κ1) is 9.66. The second-order valence-electron chi connectivity index (χ2n) is 2.33. The van der Waals surface area contributed by atoms with E-state index < -0.39 is 12.0 Å². The van der Waals surface area contributed by atoms with Crippen LogP contribution in [0.15, 0.2) is 11.1 Å². The van der Waals surface area contributed by atoms with Crippen LogP contribution in [0.1, 0.15) is 13.8 Å². The molecule has 0 aliphatic heterocycles. The van der Waals surface area contributed by atoms with Crippen LogP contribution in [0.3, 0.4) is 0 Å². The molecule has 0 radical (unpaired) electrons. The number of aliphatic hydroxyl groups is 1.